The van der Waals surface area contributed by atoms with Gasteiger partial charge in [0.25, 0.3) is 5.69 Å². The first-order valence-electron chi connectivity index (χ1n) is 11.1. The zero-order valence-corrected chi connectivity index (χ0v) is 18.2. The van der Waals surface area contributed by atoms with Crippen LogP contribution in [0.3, 0.4) is 0 Å². The summed E-state index contributed by atoms with van der Waals surface area (Å²) in [6.07, 6.45) is 1.56. The van der Waals surface area contributed by atoms with E-state index >= 15 is 0 Å². The molecule has 0 saturated carbocycles. The van der Waals surface area contributed by atoms with Crippen LogP contribution >= 0.6 is 0 Å². The number of amides is 3. The second-order valence-corrected chi connectivity index (χ2v) is 9.42. The molecule has 6 rings (SSSR count). The molecule has 0 radical (unpaired) electrons. The Kier molecular flexibility index (Phi) is 3.93. The Morgan fingerprint density at radius 2 is 1.91 bits per heavy atom. The summed E-state index contributed by atoms with van der Waals surface area (Å²) in [4.78, 5) is 55.2. The number of aryl methyl sites for hydroxylation is 2. The molecule has 0 bridgehead atoms. The number of nitro groups is 1. The number of imide groups is 1. The standard InChI is InChI=1S/C24H22N4O5/c1-12-9-13(2)20-16(10-12)24(23(31)25-20)19-18(17-7-4-8-26(17)24)21(29)27(22(19)30)14-5-3-6-15(11-14)28(32)33/h3,5-6,9-11,17-19H,4,7-8H2,1-2H3,(H,25,31)/t17-,18-,19+,24-/m1/s1. The lowest BCUT2D eigenvalue weighted by molar-refractivity contribution is -0.384. The normalized spacial score (nSPS) is 30.1. The van der Waals surface area contributed by atoms with E-state index in [1.54, 1.807) is 0 Å². The van der Waals surface area contributed by atoms with Crippen LogP contribution in [-0.2, 0) is 19.9 Å². The van der Waals surface area contributed by atoms with Crippen LogP contribution in [-0.4, -0.2) is 40.1 Å². The van der Waals surface area contributed by atoms with Gasteiger partial charge in [-0.25, -0.2) is 4.90 Å². The van der Waals surface area contributed by atoms with Crippen molar-refractivity contribution < 1.29 is 19.3 Å². The maximum absolute atomic E-state index is 13.9. The molecule has 33 heavy (non-hydrogen) atoms. The fraction of sp³-hybridized carbons (Fsp3) is 0.375. The van der Waals surface area contributed by atoms with Gasteiger partial charge in [0.15, 0.2) is 0 Å². The predicted molar refractivity (Wildman–Crippen MR) is 119 cm³/mol. The molecule has 1 N–H and O–H groups in total. The van der Waals surface area contributed by atoms with Gasteiger partial charge in [0, 0.05) is 29.4 Å². The number of carbonyl (C=O) groups is 3. The number of carbonyl (C=O) groups excluding carboxylic acids is 3. The number of hydrogen-bond acceptors (Lipinski definition) is 6. The number of nitrogens with one attached hydrogen (secondary N) is 1. The number of rotatable bonds is 2. The summed E-state index contributed by atoms with van der Waals surface area (Å²) < 4.78 is 0. The molecular weight excluding hydrogens is 424 g/mol. The Balaban J connectivity index is 1.55. The minimum absolute atomic E-state index is 0.173. The van der Waals surface area contributed by atoms with Crippen molar-refractivity contribution in [3.63, 3.8) is 0 Å². The SMILES string of the molecule is Cc1cc(C)c2c(c1)[C@]1(C(=O)N2)[C@@H]2C(=O)N(c3cccc([N+](=O)[O-])c3)C(=O)[C@@H]2[C@H]2CCCN21. The molecule has 1 spiro atoms. The molecule has 4 aliphatic rings. The average Bonchev–Trinajstić information content (AvgIpc) is 3.47. The molecule has 3 saturated heterocycles. The van der Waals surface area contributed by atoms with Crippen LogP contribution < -0.4 is 10.2 Å². The highest BCUT2D eigenvalue weighted by Crippen LogP contribution is 2.61. The van der Waals surface area contributed by atoms with Crippen molar-refractivity contribution in [2.24, 2.45) is 11.8 Å². The van der Waals surface area contributed by atoms with Gasteiger partial charge in [-0.05, 0) is 44.9 Å². The number of benzene rings is 2. The van der Waals surface area contributed by atoms with Crippen LogP contribution in [0.25, 0.3) is 0 Å². The van der Waals surface area contributed by atoms with E-state index in [1.165, 1.54) is 24.3 Å². The molecule has 4 aliphatic heterocycles. The second-order valence-electron chi connectivity index (χ2n) is 9.42. The number of non-ortho nitro benzene ring substituents is 1. The summed E-state index contributed by atoms with van der Waals surface area (Å²) in [6, 6.07) is 9.26. The maximum Gasteiger partial charge on any atom is 0.271 e. The molecule has 9 heteroatoms. The molecule has 4 atom stereocenters. The first kappa shape index (κ1) is 20.0. The van der Waals surface area contributed by atoms with E-state index in [0.29, 0.717) is 12.2 Å². The smallest absolute Gasteiger partial charge is 0.271 e. The van der Waals surface area contributed by atoms with Crippen molar-refractivity contribution in [3.8, 4) is 0 Å². The maximum atomic E-state index is 13.9. The van der Waals surface area contributed by atoms with Gasteiger partial charge < -0.3 is 5.32 Å². The first-order valence-corrected chi connectivity index (χ1v) is 11.1. The van der Waals surface area contributed by atoms with Gasteiger partial charge in [0.2, 0.25) is 17.7 Å². The first-order chi connectivity index (χ1) is 15.8. The quantitative estimate of drug-likeness (QED) is 0.431. The van der Waals surface area contributed by atoms with Gasteiger partial charge in [0.05, 0.1) is 22.4 Å². The number of anilines is 2. The molecule has 4 heterocycles. The summed E-state index contributed by atoms with van der Waals surface area (Å²) in [6.45, 7) is 4.51. The Labute approximate surface area is 189 Å². The molecule has 0 aromatic heterocycles. The van der Waals surface area contributed by atoms with Gasteiger partial charge in [-0.2, -0.15) is 0 Å². The highest BCUT2D eigenvalue weighted by Gasteiger charge is 2.74. The minimum Gasteiger partial charge on any atom is -0.324 e. The molecule has 3 amide bonds. The van der Waals surface area contributed by atoms with E-state index in [-0.39, 0.29) is 29.2 Å². The highest BCUT2D eigenvalue weighted by atomic mass is 16.6. The van der Waals surface area contributed by atoms with E-state index in [2.05, 4.69) is 10.2 Å². The van der Waals surface area contributed by atoms with Crippen molar-refractivity contribution in [2.45, 2.75) is 38.3 Å². The molecule has 2 aromatic carbocycles. The summed E-state index contributed by atoms with van der Waals surface area (Å²) in [5.41, 5.74) is 2.10. The van der Waals surface area contributed by atoms with Crippen molar-refractivity contribution in [3.05, 3.63) is 63.2 Å². The van der Waals surface area contributed by atoms with E-state index in [9.17, 15) is 24.5 Å². The molecule has 168 valence electrons. The number of fused-ring (bicyclic) bond motifs is 7. The van der Waals surface area contributed by atoms with E-state index in [0.717, 1.165) is 34.4 Å². The fourth-order valence-corrected chi connectivity index (χ4v) is 6.66. The second kappa shape index (κ2) is 6.48. The van der Waals surface area contributed by atoms with Crippen molar-refractivity contribution in [1.82, 2.24) is 4.90 Å². The van der Waals surface area contributed by atoms with Crippen LogP contribution in [0.15, 0.2) is 36.4 Å². The molecular formula is C24H22N4O5. The molecule has 0 aliphatic carbocycles. The molecule has 3 fully saturated rings. The summed E-state index contributed by atoms with van der Waals surface area (Å²) in [5, 5.41) is 14.3. The lowest BCUT2D eigenvalue weighted by Gasteiger charge is -2.36. The van der Waals surface area contributed by atoms with Gasteiger partial charge in [-0.1, -0.05) is 23.8 Å². The number of hydrogen-bond donors (Lipinski definition) is 1. The van der Waals surface area contributed by atoms with Crippen molar-refractivity contribution in [1.29, 1.82) is 0 Å². The summed E-state index contributed by atoms with van der Waals surface area (Å²) in [5.74, 6) is -2.67. The summed E-state index contributed by atoms with van der Waals surface area (Å²) >= 11 is 0. The third-order valence-corrected chi connectivity index (χ3v) is 7.74. The van der Waals surface area contributed by atoms with Crippen LogP contribution in [0, 0.1) is 35.8 Å². The third kappa shape index (κ3) is 2.32. The van der Waals surface area contributed by atoms with Crippen LogP contribution in [0.4, 0.5) is 17.1 Å². The van der Waals surface area contributed by atoms with Crippen LogP contribution in [0.2, 0.25) is 0 Å². The van der Waals surface area contributed by atoms with E-state index in [4.69, 9.17) is 0 Å². The largest absolute Gasteiger partial charge is 0.324 e. The zero-order chi connectivity index (χ0) is 23.2. The topological polar surface area (TPSA) is 113 Å². The zero-order valence-electron chi connectivity index (χ0n) is 18.2. The summed E-state index contributed by atoms with van der Waals surface area (Å²) in [7, 11) is 0. The molecule has 9 nitrogen and oxygen atoms in total. The Hall–Kier alpha value is -3.59. The Morgan fingerprint density at radius 3 is 2.67 bits per heavy atom. The fourth-order valence-electron chi connectivity index (χ4n) is 6.66. The Morgan fingerprint density at radius 1 is 1.12 bits per heavy atom. The monoisotopic (exact) mass is 446 g/mol. The van der Waals surface area contributed by atoms with Crippen LogP contribution in [0.5, 0.6) is 0 Å². The average molecular weight is 446 g/mol. The third-order valence-electron chi connectivity index (χ3n) is 7.74. The van der Waals surface area contributed by atoms with Crippen molar-refractivity contribution >= 4 is 34.8 Å². The van der Waals surface area contributed by atoms with Gasteiger partial charge in [-0.15, -0.1) is 0 Å². The number of nitro benzene ring substituents is 1. The predicted octanol–water partition coefficient (Wildman–Crippen LogP) is 2.64. The van der Waals surface area contributed by atoms with Gasteiger partial charge in [0.1, 0.15) is 5.54 Å². The molecule has 2 aromatic rings. The minimum atomic E-state index is -1.25. The van der Waals surface area contributed by atoms with Gasteiger partial charge >= 0.3 is 0 Å². The lowest BCUT2D eigenvalue weighted by atomic mass is 9.75. The highest BCUT2D eigenvalue weighted by molar-refractivity contribution is 6.26. The molecule has 0 unspecified atom stereocenters. The van der Waals surface area contributed by atoms with Crippen LogP contribution in [0.1, 0.15) is 29.5 Å². The van der Waals surface area contributed by atoms with E-state index < -0.39 is 28.2 Å². The van der Waals surface area contributed by atoms with Crippen molar-refractivity contribution in [2.75, 3.05) is 16.8 Å². The Bertz CT molecular complexity index is 1290. The van der Waals surface area contributed by atoms with Gasteiger partial charge in [-0.3, -0.25) is 29.4 Å². The van der Waals surface area contributed by atoms with E-state index in [1.807, 2.05) is 26.0 Å². The number of nitrogens with zero attached hydrogens (tertiary/aromatic N) is 3. The lowest BCUT2D eigenvalue weighted by Crippen LogP contribution is -2.54.